The van der Waals surface area contributed by atoms with E-state index in [-0.39, 0.29) is 11.3 Å². The van der Waals surface area contributed by atoms with Crippen molar-refractivity contribution in [2.24, 2.45) is 10.4 Å². The second-order valence-corrected chi connectivity index (χ2v) is 7.69. The third-order valence-corrected chi connectivity index (χ3v) is 5.29. The molecule has 2 saturated heterocycles. The van der Waals surface area contributed by atoms with Crippen LogP contribution in [0.2, 0.25) is 0 Å². The van der Waals surface area contributed by atoms with Crippen molar-refractivity contribution in [3.8, 4) is 0 Å². The lowest BCUT2D eigenvalue weighted by molar-refractivity contribution is -0.119. The zero-order valence-corrected chi connectivity index (χ0v) is 15.7. The summed E-state index contributed by atoms with van der Waals surface area (Å²) in [6.45, 7) is 6.29. The normalized spacial score (nSPS) is 24.3. The van der Waals surface area contributed by atoms with Crippen LogP contribution in [0.5, 0.6) is 0 Å². The van der Waals surface area contributed by atoms with E-state index >= 15 is 0 Å². The minimum Gasteiger partial charge on any atom is -0.357 e. The van der Waals surface area contributed by atoms with Gasteiger partial charge in [-0.2, -0.15) is 0 Å². The Morgan fingerprint density at radius 1 is 1.50 bits per heavy atom. The summed E-state index contributed by atoms with van der Waals surface area (Å²) in [5, 5.41) is 6.42. The molecule has 3 rings (SSSR count). The predicted octanol–water partition coefficient (Wildman–Crippen LogP) is 2.52. The van der Waals surface area contributed by atoms with Gasteiger partial charge in [0.2, 0.25) is 5.91 Å². The number of carbonyl (C=O) groups excluding carboxylic acids is 1. The van der Waals surface area contributed by atoms with Gasteiger partial charge in [-0.15, -0.1) is 0 Å². The van der Waals surface area contributed by atoms with Crippen LogP contribution in [0, 0.1) is 5.41 Å². The number of halogens is 1. The molecule has 0 bridgehead atoms. The van der Waals surface area contributed by atoms with Crippen LogP contribution in [-0.2, 0) is 11.3 Å². The van der Waals surface area contributed by atoms with Gasteiger partial charge in [0.25, 0.3) is 0 Å². The number of aliphatic imine (C=N–C) groups is 1. The molecule has 1 unspecified atom stereocenters. The Bertz CT molecular complexity index is 633. The third-order valence-electron chi connectivity index (χ3n) is 4.79. The number of likely N-dealkylation sites (tertiary alicyclic amines) is 1. The summed E-state index contributed by atoms with van der Waals surface area (Å²) in [6, 6.07) is 8.25. The van der Waals surface area contributed by atoms with Crippen LogP contribution in [0.25, 0.3) is 0 Å². The lowest BCUT2D eigenvalue weighted by atomic mass is 9.79. The molecule has 5 nitrogen and oxygen atoms in total. The summed E-state index contributed by atoms with van der Waals surface area (Å²) < 4.78 is 1.08. The Hall–Kier alpha value is -1.56. The first-order chi connectivity index (χ1) is 11.6. The topological polar surface area (TPSA) is 56.7 Å². The molecular formula is C18H25BrN4O. The highest BCUT2D eigenvalue weighted by Gasteiger charge is 2.42. The number of piperidine rings is 1. The zero-order valence-electron chi connectivity index (χ0n) is 14.1. The molecule has 0 aromatic heterocycles. The van der Waals surface area contributed by atoms with Crippen molar-refractivity contribution in [3.63, 3.8) is 0 Å². The van der Waals surface area contributed by atoms with Crippen LogP contribution in [-0.4, -0.2) is 42.9 Å². The number of carbonyl (C=O) groups is 1. The Labute approximate surface area is 152 Å². The third kappa shape index (κ3) is 4.09. The molecule has 2 N–H and O–H groups in total. The molecule has 24 heavy (non-hydrogen) atoms. The molecule has 1 aromatic carbocycles. The van der Waals surface area contributed by atoms with Crippen molar-refractivity contribution in [2.45, 2.75) is 32.7 Å². The van der Waals surface area contributed by atoms with Crippen molar-refractivity contribution in [1.29, 1.82) is 0 Å². The molecule has 1 amide bonds. The van der Waals surface area contributed by atoms with Crippen molar-refractivity contribution in [3.05, 3.63) is 34.3 Å². The summed E-state index contributed by atoms with van der Waals surface area (Å²) in [4.78, 5) is 18.8. The first kappa shape index (κ1) is 17.3. The highest BCUT2D eigenvalue weighted by atomic mass is 79.9. The van der Waals surface area contributed by atoms with Gasteiger partial charge in [0.05, 0.1) is 6.54 Å². The van der Waals surface area contributed by atoms with E-state index in [4.69, 9.17) is 4.99 Å². The number of amides is 1. The molecule has 130 valence electrons. The van der Waals surface area contributed by atoms with Crippen molar-refractivity contribution in [2.75, 3.05) is 26.2 Å². The maximum Gasteiger partial charge on any atom is 0.220 e. The summed E-state index contributed by atoms with van der Waals surface area (Å²) in [5.41, 5.74) is 1.27. The van der Waals surface area contributed by atoms with E-state index in [1.165, 1.54) is 5.56 Å². The Morgan fingerprint density at radius 3 is 3.08 bits per heavy atom. The van der Waals surface area contributed by atoms with E-state index in [9.17, 15) is 4.79 Å². The van der Waals surface area contributed by atoms with Crippen LogP contribution in [0.15, 0.2) is 33.7 Å². The fourth-order valence-electron chi connectivity index (χ4n) is 3.66. The number of nitrogens with zero attached hydrogens (tertiary/aromatic N) is 2. The number of guanidine groups is 1. The monoisotopic (exact) mass is 392 g/mol. The van der Waals surface area contributed by atoms with Crippen molar-refractivity contribution >= 4 is 27.8 Å². The van der Waals surface area contributed by atoms with Crippen molar-refractivity contribution < 1.29 is 4.79 Å². The SMILES string of the molecule is CCNC(=NCc1cccc(Br)c1)N1CCCC2(CNC(=O)C2)C1. The molecule has 1 spiro atoms. The number of benzene rings is 1. The van der Waals surface area contributed by atoms with Gasteiger partial charge in [0.1, 0.15) is 0 Å². The van der Waals surface area contributed by atoms with E-state index in [0.29, 0.717) is 13.0 Å². The quantitative estimate of drug-likeness (QED) is 0.613. The molecule has 0 aliphatic carbocycles. The largest absolute Gasteiger partial charge is 0.357 e. The molecule has 6 heteroatoms. The predicted molar refractivity (Wildman–Crippen MR) is 99.8 cm³/mol. The molecule has 1 aromatic rings. The molecule has 2 fully saturated rings. The van der Waals surface area contributed by atoms with Crippen LogP contribution < -0.4 is 10.6 Å². The van der Waals surface area contributed by atoms with Crippen molar-refractivity contribution in [1.82, 2.24) is 15.5 Å². The van der Waals surface area contributed by atoms with Gasteiger partial charge in [-0.3, -0.25) is 4.79 Å². The maximum absolute atomic E-state index is 11.7. The fourth-order valence-corrected chi connectivity index (χ4v) is 4.10. The maximum atomic E-state index is 11.7. The number of hydrogen-bond donors (Lipinski definition) is 2. The first-order valence-electron chi connectivity index (χ1n) is 8.65. The average Bonchev–Trinajstić information content (AvgIpc) is 2.91. The van der Waals surface area contributed by atoms with Gasteiger partial charge in [0, 0.05) is 42.5 Å². The Kier molecular flexibility index (Phi) is 5.43. The first-order valence-corrected chi connectivity index (χ1v) is 9.44. The highest BCUT2D eigenvalue weighted by Crippen LogP contribution is 2.36. The molecule has 2 aliphatic rings. The van der Waals surface area contributed by atoms with Gasteiger partial charge in [-0.05, 0) is 37.5 Å². The second-order valence-electron chi connectivity index (χ2n) is 6.78. The summed E-state index contributed by atoms with van der Waals surface area (Å²) in [6.07, 6.45) is 2.87. The van der Waals surface area contributed by atoms with Gasteiger partial charge < -0.3 is 15.5 Å². The molecule has 1 atom stereocenters. The second kappa shape index (κ2) is 7.55. The summed E-state index contributed by atoms with van der Waals surface area (Å²) in [5.74, 6) is 1.14. The van der Waals surface area contributed by atoms with Gasteiger partial charge in [-0.25, -0.2) is 4.99 Å². The molecule has 0 saturated carbocycles. The number of nitrogens with one attached hydrogen (secondary N) is 2. The molecule has 2 aliphatic heterocycles. The van der Waals surface area contributed by atoms with E-state index in [1.54, 1.807) is 0 Å². The smallest absolute Gasteiger partial charge is 0.220 e. The van der Waals surface area contributed by atoms with Crippen LogP contribution >= 0.6 is 15.9 Å². The van der Waals surface area contributed by atoms with Crippen LogP contribution in [0.4, 0.5) is 0 Å². The molecular weight excluding hydrogens is 368 g/mol. The number of hydrogen-bond acceptors (Lipinski definition) is 2. The average molecular weight is 393 g/mol. The van der Waals surface area contributed by atoms with Gasteiger partial charge in [0.15, 0.2) is 5.96 Å². The van der Waals surface area contributed by atoms with Gasteiger partial charge >= 0.3 is 0 Å². The van der Waals surface area contributed by atoms with E-state index in [0.717, 1.165) is 49.5 Å². The molecule has 2 heterocycles. The van der Waals surface area contributed by atoms with Crippen LogP contribution in [0.1, 0.15) is 31.7 Å². The van der Waals surface area contributed by atoms with E-state index in [1.807, 2.05) is 12.1 Å². The fraction of sp³-hybridized carbons (Fsp3) is 0.556. The Balaban J connectivity index is 1.72. The lowest BCUT2D eigenvalue weighted by Gasteiger charge is -2.40. The summed E-state index contributed by atoms with van der Waals surface area (Å²) in [7, 11) is 0. The van der Waals surface area contributed by atoms with E-state index < -0.39 is 0 Å². The number of rotatable bonds is 3. The Morgan fingerprint density at radius 2 is 2.38 bits per heavy atom. The van der Waals surface area contributed by atoms with Gasteiger partial charge in [-0.1, -0.05) is 28.1 Å². The highest BCUT2D eigenvalue weighted by molar-refractivity contribution is 9.10. The zero-order chi connectivity index (χ0) is 17.0. The standard InChI is InChI=1S/C18H25BrN4O/c1-2-20-17(21-11-14-5-3-6-15(19)9-14)23-8-4-7-18(13-23)10-16(24)22-12-18/h3,5-6,9H,2,4,7-8,10-13H2,1H3,(H,20,21)(H,22,24). The molecule has 0 radical (unpaired) electrons. The lowest BCUT2D eigenvalue weighted by Crippen LogP contribution is -2.51. The minimum absolute atomic E-state index is 0.0846. The van der Waals surface area contributed by atoms with E-state index in [2.05, 4.69) is 50.5 Å². The summed E-state index contributed by atoms with van der Waals surface area (Å²) >= 11 is 3.51. The minimum atomic E-state index is 0.0846. The van der Waals surface area contributed by atoms with Crippen LogP contribution in [0.3, 0.4) is 0 Å².